The molecule has 15 heavy (non-hydrogen) atoms. The van der Waals surface area contributed by atoms with Gasteiger partial charge >= 0.3 is 5.97 Å². The molecule has 0 heterocycles. The highest BCUT2D eigenvalue weighted by atomic mass is 35.5. The van der Waals surface area contributed by atoms with Crippen LogP contribution in [0.4, 0.5) is 0 Å². The molecular formula is C12H13ClO2. The summed E-state index contributed by atoms with van der Waals surface area (Å²) in [5, 5.41) is 0. The van der Waals surface area contributed by atoms with Crippen LogP contribution in [0.1, 0.15) is 12.5 Å². The van der Waals surface area contributed by atoms with Crippen molar-refractivity contribution in [1.82, 2.24) is 0 Å². The fraction of sp³-hybridized carbons (Fsp3) is 0.250. The molecule has 3 heteroatoms. The number of hydrogen-bond acceptors (Lipinski definition) is 2. The molecule has 2 nitrogen and oxygen atoms in total. The highest BCUT2D eigenvalue weighted by Gasteiger charge is 2.05. The summed E-state index contributed by atoms with van der Waals surface area (Å²) in [6.45, 7) is 1.37. The maximum absolute atomic E-state index is 10.7. The Morgan fingerprint density at radius 1 is 1.47 bits per heavy atom. The Kier molecular flexibility index (Phi) is 4.91. The first-order chi connectivity index (χ1) is 7.22. The molecule has 0 unspecified atom stereocenters. The van der Waals surface area contributed by atoms with Crippen molar-refractivity contribution in [3.8, 4) is 0 Å². The topological polar surface area (TPSA) is 26.3 Å². The predicted octanol–water partition coefficient (Wildman–Crippen LogP) is 2.87. The molecule has 1 atom stereocenters. The van der Waals surface area contributed by atoms with Crippen molar-refractivity contribution in [1.29, 1.82) is 0 Å². The number of alkyl halides is 1. The van der Waals surface area contributed by atoms with Crippen molar-refractivity contribution in [2.45, 2.75) is 13.0 Å². The molecule has 0 spiro atoms. The first kappa shape index (κ1) is 11.8. The Labute approximate surface area is 94.5 Å². The summed E-state index contributed by atoms with van der Waals surface area (Å²) in [6.07, 6.45) is 3.31. The zero-order valence-electron chi connectivity index (χ0n) is 8.52. The number of carbonyl (C=O) groups is 1. The van der Waals surface area contributed by atoms with E-state index in [4.69, 9.17) is 16.3 Å². The van der Waals surface area contributed by atoms with Gasteiger partial charge in [-0.3, -0.25) is 4.79 Å². The molecule has 0 fully saturated rings. The summed E-state index contributed by atoms with van der Waals surface area (Å²) >= 11 is 5.65. The minimum atomic E-state index is -0.357. The molecule has 0 saturated carbocycles. The molecule has 0 aliphatic heterocycles. The van der Waals surface area contributed by atoms with Gasteiger partial charge in [-0.05, 0) is 11.6 Å². The molecule has 0 saturated heterocycles. The second-order valence-electron chi connectivity index (χ2n) is 3.07. The Morgan fingerprint density at radius 3 is 2.67 bits per heavy atom. The van der Waals surface area contributed by atoms with Gasteiger partial charge in [0.1, 0.15) is 6.10 Å². The summed E-state index contributed by atoms with van der Waals surface area (Å²) in [6, 6.07) is 9.77. The van der Waals surface area contributed by atoms with Crippen molar-refractivity contribution in [3.05, 3.63) is 42.0 Å². The molecule has 0 amide bonds. The lowest BCUT2D eigenvalue weighted by Crippen LogP contribution is -2.14. The van der Waals surface area contributed by atoms with Gasteiger partial charge in [-0.25, -0.2) is 0 Å². The second-order valence-corrected chi connectivity index (χ2v) is 3.38. The van der Waals surface area contributed by atoms with Gasteiger partial charge in [0.25, 0.3) is 0 Å². The summed E-state index contributed by atoms with van der Waals surface area (Å²) in [5.41, 5.74) is 1.06. The maximum atomic E-state index is 10.7. The lowest BCUT2D eigenvalue weighted by atomic mass is 10.2. The van der Waals surface area contributed by atoms with Crippen LogP contribution in [0.15, 0.2) is 36.4 Å². The molecule has 0 aliphatic rings. The molecule has 0 N–H and O–H groups in total. The lowest BCUT2D eigenvalue weighted by Gasteiger charge is -2.08. The Hall–Kier alpha value is -1.28. The van der Waals surface area contributed by atoms with Gasteiger partial charge in [0, 0.05) is 6.92 Å². The first-order valence-electron chi connectivity index (χ1n) is 4.69. The second kappa shape index (κ2) is 6.25. The average Bonchev–Trinajstić information content (AvgIpc) is 2.25. The van der Waals surface area contributed by atoms with Crippen molar-refractivity contribution < 1.29 is 9.53 Å². The summed E-state index contributed by atoms with van der Waals surface area (Å²) in [4.78, 5) is 10.7. The van der Waals surface area contributed by atoms with Gasteiger partial charge < -0.3 is 4.74 Å². The molecule has 80 valence electrons. The van der Waals surface area contributed by atoms with Crippen LogP contribution in [-0.4, -0.2) is 18.0 Å². The molecule has 1 rings (SSSR count). The molecule has 0 aliphatic carbocycles. The molecule has 1 aromatic rings. The Balaban J connectivity index is 2.58. The largest absolute Gasteiger partial charge is 0.457 e. The van der Waals surface area contributed by atoms with Gasteiger partial charge in [-0.2, -0.15) is 0 Å². The van der Waals surface area contributed by atoms with Crippen molar-refractivity contribution >= 4 is 23.6 Å². The van der Waals surface area contributed by atoms with E-state index in [0.29, 0.717) is 0 Å². The van der Waals surface area contributed by atoms with Crippen LogP contribution in [0.2, 0.25) is 0 Å². The number of esters is 1. The smallest absolute Gasteiger partial charge is 0.303 e. The van der Waals surface area contributed by atoms with Crippen LogP contribution in [0.25, 0.3) is 6.08 Å². The number of ether oxygens (including phenoxy) is 1. The number of benzene rings is 1. The van der Waals surface area contributed by atoms with Crippen LogP contribution in [0.5, 0.6) is 0 Å². The van der Waals surface area contributed by atoms with Crippen LogP contribution in [0.3, 0.4) is 0 Å². The van der Waals surface area contributed by atoms with Gasteiger partial charge in [0.05, 0.1) is 5.88 Å². The van der Waals surface area contributed by atoms with Crippen LogP contribution in [0, 0.1) is 0 Å². The van der Waals surface area contributed by atoms with E-state index in [0.717, 1.165) is 5.56 Å². The highest BCUT2D eigenvalue weighted by Crippen LogP contribution is 2.05. The van der Waals surface area contributed by atoms with E-state index < -0.39 is 0 Å². The van der Waals surface area contributed by atoms with Gasteiger partial charge in [-0.15, -0.1) is 11.6 Å². The molecule has 0 aromatic heterocycles. The Bertz CT molecular complexity index is 333. The molecule has 0 radical (unpaired) electrons. The van der Waals surface area contributed by atoms with E-state index >= 15 is 0 Å². The number of rotatable bonds is 4. The Morgan fingerprint density at radius 2 is 2.13 bits per heavy atom. The fourth-order valence-corrected chi connectivity index (χ4v) is 1.28. The normalized spacial score (nSPS) is 12.7. The number of halogens is 1. The van der Waals surface area contributed by atoms with Crippen molar-refractivity contribution in [3.63, 3.8) is 0 Å². The van der Waals surface area contributed by atoms with E-state index in [1.165, 1.54) is 6.92 Å². The SMILES string of the molecule is CC(=O)O[C@@H](/C=C/c1ccccc1)CCl. The zero-order valence-corrected chi connectivity index (χ0v) is 9.28. The van der Waals surface area contributed by atoms with E-state index in [1.54, 1.807) is 6.08 Å². The van der Waals surface area contributed by atoms with Crippen LogP contribution in [-0.2, 0) is 9.53 Å². The first-order valence-corrected chi connectivity index (χ1v) is 5.22. The standard InChI is InChI=1S/C12H13ClO2/c1-10(14)15-12(9-13)8-7-11-5-3-2-4-6-11/h2-8,12H,9H2,1H3/b8-7+/t12-/m0/s1. The third-order valence-corrected chi connectivity index (χ3v) is 2.08. The number of carbonyl (C=O) groups excluding carboxylic acids is 1. The number of hydrogen-bond donors (Lipinski definition) is 0. The minimum Gasteiger partial charge on any atom is -0.457 e. The fourth-order valence-electron chi connectivity index (χ4n) is 1.12. The lowest BCUT2D eigenvalue weighted by molar-refractivity contribution is -0.143. The average molecular weight is 225 g/mol. The summed E-state index contributed by atoms with van der Waals surface area (Å²) < 4.78 is 4.96. The molecule has 1 aromatic carbocycles. The minimum absolute atomic E-state index is 0.267. The van der Waals surface area contributed by atoms with Crippen LogP contribution < -0.4 is 0 Å². The highest BCUT2D eigenvalue weighted by molar-refractivity contribution is 6.18. The molecule has 0 bridgehead atoms. The van der Waals surface area contributed by atoms with E-state index in [1.807, 2.05) is 36.4 Å². The third kappa shape index (κ3) is 4.66. The zero-order chi connectivity index (χ0) is 11.1. The van der Waals surface area contributed by atoms with E-state index in [9.17, 15) is 4.79 Å². The third-order valence-electron chi connectivity index (χ3n) is 1.77. The van der Waals surface area contributed by atoms with Crippen molar-refractivity contribution in [2.24, 2.45) is 0 Å². The predicted molar refractivity (Wildman–Crippen MR) is 61.8 cm³/mol. The van der Waals surface area contributed by atoms with E-state index in [-0.39, 0.29) is 18.0 Å². The van der Waals surface area contributed by atoms with Crippen molar-refractivity contribution in [2.75, 3.05) is 5.88 Å². The van der Waals surface area contributed by atoms with Gasteiger partial charge in [-0.1, -0.05) is 36.4 Å². The monoisotopic (exact) mass is 224 g/mol. The maximum Gasteiger partial charge on any atom is 0.303 e. The van der Waals surface area contributed by atoms with Gasteiger partial charge in [0.2, 0.25) is 0 Å². The van der Waals surface area contributed by atoms with Gasteiger partial charge in [0.15, 0.2) is 0 Å². The summed E-state index contributed by atoms with van der Waals surface area (Å²) in [5.74, 6) is -0.0542. The quantitative estimate of drug-likeness (QED) is 0.581. The summed E-state index contributed by atoms with van der Waals surface area (Å²) in [7, 11) is 0. The van der Waals surface area contributed by atoms with Crippen LogP contribution >= 0.6 is 11.6 Å². The molecular weight excluding hydrogens is 212 g/mol. The van der Waals surface area contributed by atoms with E-state index in [2.05, 4.69) is 0 Å².